The number of nitrogens with zero attached hydrogens (tertiary/aromatic N) is 2. The van der Waals surface area contributed by atoms with E-state index in [2.05, 4.69) is 32.0 Å². The molecule has 10 nitrogen and oxygen atoms in total. The number of benzene rings is 4. The molecule has 47 heavy (non-hydrogen) atoms. The zero-order chi connectivity index (χ0) is 35.0. The summed E-state index contributed by atoms with van der Waals surface area (Å²) in [4.78, 5) is 21.4. The van der Waals surface area contributed by atoms with Gasteiger partial charge in [0, 0.05) is 30.7 Å². The maximum Gasteiger partial charge on any atom is 0.330 e. The summed E-state index contributed by atoms with van der Waals surface area (Å²) in [5.41, 5.74) is 1.80. The number of hydrogen-bond donors (Lipinski definition) is 0. The van der Waals surface area contributed by atoms with Crippen LogP contribution in [0.3, 0.4) is 0 Å². The number of ether oxygens (including phenoxy) is 2. The number of halogens is 1. The molecule has 0 fully saturated rings. The molecule has 0 unspecified atom stereocenters. The molecular weight excluding hydrogens is 708 g/mol. The highest BCUT2D eigenvalue weighted by molar-refractivity contribution is 9.10. The lowest BCUT2D eigenvalue weighted by atomic mass is 10.2. The Balaban J connectivity index is 0.000000284. The first kappa shape index (κ1) is 38.5. The summed E-state index contributed by atoms with van der Waals surface area (Å²) >= 11 is 3.28. The third-order valence-electron chi connectivity index (χ3n) is 6.19. The first-order chi connectivity index (χ1) is 22.3. The van der Waals surface area contributed by atoms with Crippen LogP contribution >= 0.6 is 15.9 Å². The highest BCUT2D eigenvalue weighted by Gasteiger charge is 2.22. The van der Waals surface area contributed by atoms with Crippen LogP contribution in [0, 0.1) is 0 Å². The number of methoxy groups -OCH3 is 2. The average molecular weight is 744 g/mol. The number of anilines is 2. The van der Waals surface area contributed by atoms with Gasteiger partial charge in [-0.2, -0.15) is 0 Å². The van der Waals surface area contributed by atoms with Crippen molar-refractivity contribution in [3.05, 3.63) is 138 Å². The van der Waals surface area contributed by atoms with Crippen molar-refractivity contribution in [2.45, 2.75) is 9.79 Å². The fourth-order valence-electron chi connectivity index (χ4n) is 3.59. The smallest absolute Gasteiger partial charge is 0.330 e. The summed E-state index contributed by atoms with van der Waals surface area (Å²) in [5, 5.41) is 0. The molecule has 4 rings (SSSR count). The molecule has 0 aliphatic rings. The molecule has 0 saturated carbocycles. The van der Waals surface area contributed by atoms with Gasteiger partial charge >= 0.3 is 11.9 Å². The van der Waals surface area contributed by atoms with Gasteiger partial charge in [0.25, 0.3) is 20.0 Å². The molecule has 0 amide bonds. The van der Waals surface area contributed by atoms with Gasteiger partial charge in [0.2, 0.25) is 0 Å². The highest BCUT2D eigenvalue weighted by Crippen LogP contribution is 2.24. The number of hydrogen-bond acceptors (Lipinski definition) is 8. The van der Waals surface area contributed by atoms with Crippen LogP contribution in [-0.4, -0.2) is 57.1 Å². The van der Waals surface area contributed by atoms with E-state index < -0.39 is 32.0 Å². The van der Waals surface area contributed by atoms with E-state index in [-0.39, 0.29) is 9.79 Å². The van der Waals surface area contributed by atoms with E-state index in [0.29, 0.717) is 16.9 Å². The number of carbonyl (C=O) groups excluding carboxylic acids is 2. The summed E-state index contributed by atoms with van der Waals surface area (Å²) < 4.78 is 62.0. The Kier molecular flexibility index (Phi) is 15.1. The lowest BCUT2D eigenvalue weighted by Crippen LogP contribution is -2.26. The molecule has 0 aliphatic carbocycles. The van der Waals surface area contributed by atoms with Crippen molar-refractivity contribution in [2.24, 2.45) is 0 Å². The van der Waals surface area contributed by atoms with Crippen LogP contribution in [0.4, 0.5) is 11.4 Å². The minimum absolute atomic E-state index is 0.149. The third-order valence-corrected chi connectivity index (χ3v) is 10.2. The Morgan fingerprint density at radius 2 is 1.11 bits per heavy atom. The lowest BCUT2D eigenvalue weighted by molar-refractivity contribution is -0.135. The molecule has 0 radical (unpaired) electrons. The second-order valence-electron chi connectivity index (χ2n) is 9.23. The van der Waals surface area contributed by atoms with Crippen molar-refractivity contribution in [1.29, 1.82) is 0 Å². The van der Waals surface area contributed by atoms with E-state index in [1.807, 2.05) is 24.3 Å². The minimum atomic E-state index is -3.68. The van der Waals surface area contributed by atoms with Gasteiger partial charge < -0.3 is 9.47 Å². The second kappa shape index (κ2) is 18.4. The van der Waals surface area contributed by atoms with E-state index in [1.54, 1.807) is 79.8 Å². The van der Waals surface area contributed by atoms with Gasteiger partial charge in [-0.3, -0.25) is 8.61 Å². The van der Waals surface area contributed by atoms with Gasteiger partial charge in [0.05, 0.1) is 35.4 Å². The normalized spacial score (nSPS) is 10.7. The molecule has 0 atom stereocenters. The molecular formula is C34H35BrN2O8S2. The largest absolute Gasteiger partial charge is 0.466 e. The monoisotopic (exact) mass is 742 g/mol. The first-order valence-corrected chi connectivity index (χ1v) is 17.3. The first-order valence-electron chi connectivity index (χ1n) is 13.7. The van der Waals surface area contributed by atoms with Crippen LogP contribution in [0.15, 0.2) is 142 Å². The summed E-state index contributed by atoms with van der Waals surface area (Å²) in [5.74, 6) is -0.894. The zero-order valence-corrected chi connectivity index (χ0v) is 29.4. The number of para-hydroxylation sites is 2. The van der Waals surface area contributed by atoms with Crippen LogP contribution < -0.4 is 8.61 Å². The molecule has 0 N–H and O–H groups in total. The van der Waals surface area contributed by atoms with Gasteiger partial charge in [-0.25, -0.2) is 26.4 Å². The van der Waals surface area contributed by atoms with Gasteiger partial charge in [0.1, 0.15) is 0 Å². The molecule has 0 aromatic heterocycles. The average Bonchev–Trinajstić information content (AvgIpc) is 3.10. The minimum Gasteiger partial charge on any atom is -0.466 e. The predicted octanol–water partition coefficient (Wildman–Crippen LogP) is 6.32. The fraction of sp³-hybridized carbons (Fsp3) is 0.118. The molecule has 4 aromatic carbocycles. The van der Waals surface area contributed by atoms with Crippen molar-refractivity contribution < 1.29 is 35.9 Å². The van der Waals surface area contributed by atoms with Crippen LogP contribution in [0.1, 0.15) is 5.56 Å². The van der Waals surface area contributed by atoms with E-state index in [0.717, 1.165) is 10.5 Å². The van der Waals surface area contributed by atoms with Crippen molar-refractivity contribution in [3.63, 3.8) is 0 Å². The number of carbonyl (C=O) groups is 2. The van der Waals surface area contributed by atoms with Crippen molar-refractivity contribution in [1.82, 2.24) is 0 Å². The number of sulfonamides is 2. The summed E-state index contributed by atoms with van der Waals surface area (Å²) in [6.45, 7) is 3.16. The third kappa shape index (κ3) is 11.5. The molecule has 13 heteroatoms. The summed E-state index contributed by atoms with van der Waals surface area (Å²) in [7, 11) is -1.55. The van der Waals surface area contributed by atoms with Gasteiger partial charge in [-0.05, 0) is 66.2 Å². The Labute approximate surface area is 284 Å². The lowest BCUT2D eigenvalue weighted by Gasteiger charge is -2.19. The van der Waals surface area contributed by atoms with Gasteiger partial charge in [-0.1, -0.05) is 77.1 Å². The Morgan fingerprint density at radius 3 is 1.51 bits per heavy atom. The zero-order valence-electron chi connectivity index (χ0n) is 26.2. The van der Waals surface area contributed by atoms with E-state index in [4.69, 9.17) is 0 Å². The Morgan fingerprint density at radius 1 is 0.660 bits per heavy atom. The van der Waals surface area contributed by atoms with Crippen molar-refractivity contribution in [2.75, 3.05) is 36.9 Å². The van der Waals surface area contributed by atoms with Gasteiger partial charge in [-0.15, -0.1) is 0 Å². The fourth-order valence-corrected chi connectivity index (χ4v) is 6.64. The quantitative estimate of drug-likeness (QED) is 0.144. The van der Waals surface area contributed by atoms with Gasteiger partial charge in [0.15, 0.2) is 0 Å². The molecule has 0 spiro atoms. The predicted molar refractivity (Wildman–Crippen MR) is 188 cm³/mol. The Bertz CT molecular complexity index is 1880. The summed E-state index contributed by atoms with van der Waals surface area (Å²) in [6, 6.07) is 30.8. The van der Waals surface area contributed by atoms with Crippen molar-refractivity contribution in [3.8, 4) is 0 Å². The molecule has 0 heterocycles. The number of esters is 2. The molecule has 248 valence electrons. The highest BCUT2D eigenvalue weighted by atomic mass is 79.9. The molecule has 0 aliphatic heterocycles. The topological polar surface area (TPSA) is 127 Å². The second-order valence-corrected chi connectivity index (χ2v) is 14.1. The van der Waals surface area contributed by atoms with Crippen LogP contribution in [0.5, 0.6) is 0 Å². The van der Waals surface area contributed by atoms with E-state index in [1.165, 1.54) is 54.2 Å². The van der Waals surface area contributed by atoms with Crippen LogP contribution in [0.2, 0.25) is 0 Å². The maximum atomic E-state index is 12.7. The van der Waals surface area contributed by atoms with Crippen LogP contribution in [-0.2, 0) is 39.1 Å². The summed E-state index contributed by atoms with van der Waals surface area (Å²) in [6.07, 6.45) is 3.86. The van der Waals surface area contributed by atoms with Crippen molar-refractivity contribution >= 4 is 65.4 Å². The number of rotatable bonds is 9. The Hall–Kier alpha value is -4.72. The maximum absolute atomic E-state index is 12.7. The molecule has 4 aromatic rings. The van der Waals surface area contributed by atoms with E-state index in [9.17, 15) is 26.4 Å². The SMILES string of the molecule is C=CC(=O)OC.CN(c1ccccc1)S(=O)(=O)c1cccc(Br)c1.COC(=O)/C=C/c1cccc(S(=O)(=O)N(C)c2ccccc2)c1. The van der Waals surface area contributed by atoms with Crippen LogP contribution in [0.25, 0.3) is 6.08 Å². The standard InChI is InChI=1S/C17H17NO4S.C13H12BrNO2S.C4H6O2/c1-18(15-8-4-3-5-9-15)23(20,21)16-10-6-7-14(13-16)11-12-17(19)22-2;1-15(12-7-3-2-4-8-12)18(16,17)13-9-5-6-11(14)10-13;1-3-4(5)6-2/h3-13H,1-2H3;2-10H,1H3;3H,1H2,2H3/b12-11+;;. The molecule has 0 saturated heterocycles. The van der Waals surface area contributed by atoms with E-state index >= 15 is 0 Å². The molecule has 0 bridgehead atoms.